The Hall–Kier alpha value is -4.49. The van der Waals surface area contributed by atoms with Gasteiger partial charge in [-0.3, -0.25) is 19.4 Å². The van der Waals surface area contributed by atoms with Gasteiger partial charge in [0, 0.05) is 62.8 Å². The molecular formula is C34H41F3N6O4. The highest BCUT2D eigenvalue weighted by atomic mass is 19.4. The Labute approximate surface area is 272 Å². The molecule has 0 aliphatic carbocycles. The van der Waals surface area contributed by atoms with E-state index in [1.165, 1.54) is 19.1 Å². The summed E-state index contributed by atoms with van der Waals surface area (Å²) in [5.41, 5.74) is 0.277. The van der Waals surface area contributed by atoms with Crippen LogP contribution in [0.4, 0.5) is 35.2 Å². The zero-order valence-corrected chi connectivity index (χ0v) is 27.3. The van der Waals surface area contributed by atoms with E-state index in [0.29, 0.717) is 24.6 Å². The third-order valence-corrected chi connectivity index (χ3v) is 7.50. The Morgan fingerprint density at radius 1 is 0.894 bits per heavy atom. The van der Waals surface area contributed by atoms with Crippen LogP contribution in [-0.2, 0) is 27.0 Å². The fourth-order valence-corrected chi connectivity index (χ4v) is 5.14. The molecule has 0 saturated carbocycles. The Morgan fingerprint density at radius 3 is 2.09 bits per heavy atom. The lowest BCUT2D eigenvalue weighted by Crippen LogP contribution is -2.45. The van der Waals surface area contributed by atoms with E-state index in [1.807, 2.05) is 4.90 Å². The van der Waals surface area contributed by atoms with Crippen LogP contribution in [0.5, 0.6) is 0 Å². The molecule has 2 heterocycles. The minimum Gasteiger partial charge on any atom is -0.443 e. The number of benzene rings is 2. The maximum atomic E-state index is 14.1. The van der Waals surface area contributed by atoms with E-state index in [9.17, 15) is 27.6 Å². The molecule has 0 unspecified atom stereocenters. The predicted molar refractivity (Wildman–Crippen MR) is 175 cm³/mol. The number of carbonyl (C=O) groups is 3. The van der Waals surface area contributed by atoms with Gasteiger partial charge in [-0.05, 0) is 74.8 Å². The number of piperazine rings is 1. The Bertz CT molecular complexity index is 1550. The lowest BCUT2D eigenvalue weighted by molar-refractivity contribution is -0.138. The highest BCUT2D eigenvalue weighted by Crippen LogP contribution is 2.35. The van der Waals surface area contributed by atoms with Crippen LogP contribution in [0.3, 0.4) is 0 Å². The fourth-order valence-electron chi connectivity index (χ4n) is 5.14. The number of anilines is 3. The third kappa shape index (κ3) is 10.2. The van der Waals surface area contributed by atoms with Gasteiger partial charge < -0.3 is 20.3 Å². The summed E-state index contributed by atoms with van der Waals surface area (Å²) in [7, 11) is 0. The molecule has 252 valence electrons. The van der Waals surface area contributed by atoms with E-state index >= 15 is 0 Å². The molecule has 1 aliphatic rings. The molecular weight excluding hydrogens is 613 g/mol. The molecule has 1 aliphatic heterocycles. The van der Waals surface area contributed by atoms with Gasteiger partial charge >= 0.3 is 12.3 Å². The number of aromatic nitrogens is 1. The first-order chi connectivity index (χ1) is 22.1. The lowest BCUT2D eigenvalue weighted by Gasteiger charge is -2.34. The van der Waals surface area contributed by atoms with Gasteiger partial charge in [-0.1, -0.05) is 25.1 Å². The summed E-state index contributed by atoms with van der Waals surface area (Å²) in [5.74, 6) is -0.535. The number of hydrogen-bond acceptors (Lipinski definition) is 7. The molecule has 47 heavy (non-hydrogen) atoms. The van der Waals surface area contributed by atoms with Gasteiger partial charge in [-0.25, -0.2) is 9.78 Å². The Kier molecular flexibility index (Phi) is 11.2. The second-order valence-electron chi connectivity index (χ2n) is 12.4. The molecule has 1 saturated heterocycles. The second kappa shape index (κ2) is 14.9. The van der Waals surface area contributed by atoms with E-state index in [-0.39, 0.29) is 23.7 Å². The predicted octanol–water partition coefficient (Wildman–Crippen LogP) is 6.24. The van der Waals surface area contributed by atoms with E-state index in [4.69, 9.17) is 4.74 Å². The number of nitrogens with one attached hydrogen (secondary N) is 2. The largest absolute Gasteiger partial charge is 0.443 e. The van der Waals surface area contributed by atoms with Gasteiger partial charge in [0.05, 0.1) is 5.56 Å². The smallest absolute Gasteiger partial charge is 0.416 e. The molecule has 3 amide bonds. The number of ether oxygens (including phenoxy) is 1. The number of pyridine rings is 1. The maximum absolute atomic E-state index is 14.1. The van der Waals surface area contributed by atoms with Gasteiger partial charge in [-0.15, -0.1) is 0 Å². The van der Waals surface area contributed by atoms with Gasteiger partial charge in [0.1, 0.15) is 18.0 Å². The summed E-state index contributed by atoms with van der Waals surface area (Å²) in [4.78, 5) is 47.3. The molecule has 3 aromatic rings. The van der Waals surface area contributed by atoms with Crippen molar-refractivity contribution in [3.8, 4) is 11.1 Å². The number of amides is 3. The third-order valence-electron chi connectivity index (χ3n) is 7.50. The minimum atomic E-state index is -4.62. The van der Waals surface area contributed by atoms with E-state index < -0.39 is 35.9 Å². The average Bonchev–Trinajstić information content (AvgIpc) is 3.00. The van der Waals surface area contributed by atoms with Crippen molar-refractivity contribution >= 4 is 35.1 Å². The lowest BCUT2D eigenvalue weighted by atomic mass is 10.0. The van der Waals surface area contributed by atoms with Crippen LogP contribution >= 0.6 is 0 Å². The minimum absolute atomic E-state index is 0.0310. The van der Waals surface area contributed by atoms with Crippen molar-refractivity contribution in [1.29, 1.82) is 0 Å². The number of halogens is 3. The van der Waals surface area contributed by atoms with Crippen molar-refractivity contribution in [3.63, 3.8) is 0 Å². The van der Waals surface area contributed by atoms with Crippen LogP contribution in [-0.4, -0.2) is 77.6 Å². The average molecular weight is 655 g/mol. The van der Waals surface area contributed by atoms with Gasteiger partial charge in [-0.2, -0.15) is 13.2 Å². The van der Waals surface area contributed by atoms with Gasteiger partial charge in [0.15, 0.2) is 0 Å². The summed E-state index contributed by atoms with van der Waals surface area (Å²) in [6.45, 7) is 12.0. The normalized spacial score (nSPS) is 14.4. The first-order valence-electron chi connectivity index (χ1n) is 15.4. The van der Waals surface area contributed by atoms with Crippen LogP contribution in [0.15, 0.2) is 60.8 Å². The van der Waals surface area contributed by atoms with Crippen molar-refractivity contribution in [2.24, 2.45) is 0 Å². The van der Waals surface area contributed by atoms with Crippen LogP contribution < -0.4 is 15.5 Å². The van der Waals surface area contributed by atoms with Crippen molar-refractivity contribution in [2.75, 3.05) is 54.8 Å². The summed E-state index contributed by atoms with van der Waals surface area (Å²) in [6.07, 6.45) is -3.83. The SMILES string of the molecule is CCN1CCN(Cc2ccc(NC(=O)CN(C(=O)OC(C)(C)C)c3ccc(-c4ccc(NC(C)=O)nc4)cc3)cc2C(F)(F)F)CC1. The van der Waals surface area contributed by atoms with E-state index in [1.54, 1.807) is 63.4 Å². The molecule has 0 bridgehead atoms. The maximum Gasteiger partial charge on any atom is 0.416 e. The zero-order chi connectivity index (χ0) is 34.4. The molecule has 1 fully saturated rings. The van der Waals surface area contributed by atoms with Crippen molar-refractivity contribution in [3.05, 3.63) is 71.9 Å². The van der Waals surface area contributed by atoms with Crippen molar-refractivity contribution < 1.29 is 32.3 Å². The van der Waals surface area contributed by atoms with Crippen molar-refractivity contribution in [1.82, 2.24) is 14.8 Å². The van der Waals surface area contributed by atoms with E-state index in [2.05, 4.69) is 27.4 Å². The second-order valence-corrected chi connectivity index (χ2v) is 12.4. The summed E-state index contributed by atoms with van der Waals surface area (Å²) >= 11 is 0. The molecule has 10 nitrogen and oxygen atoms in total. The molecule has 2 N–H and O–H groups in total. The van der Waals surface area contributed by atoms with Crippen LogP contribution in [0.25, 0.3) is 11.1 Å². The topological polar surface area (TPSA) is 107 Å². The molecule has 13 heteroatoms. The van der Waals surface area contributed by atoms with Crippen LogP contribution in [0.2, 0.25) is 0 Å². The van der Waals surface area contributed by atoms with Crippen LogP contribution in [0.1, 0.15) is 45.7 Å². The fraction of sp³-hybridized carbons (Fsp3) is 0.412. The standard InChI is InChI=1S/C34H41F3N6O4/c1-6-41-15-17-42(18-16-41)21-26-7-11-27(19-29(26)34(35,36)37)40-31(45)22-43(32(46)47-33(3,4)5)28-12-8-24(9-13-28)25-10-14-30(38-20-25)39-23(2)44/h7-14,19-20H,6,15-18,21-22H2,1-5H3,(H,40,45)(H,38,39,44). The highest BCUT2D eigenvalue weighted by molar-refractivity contribution is 6.00. The molecule has 0 atom stereocenters. The zero-order valence-electron chi connectivity index (χ0n) is 27.3. The first-order valence-corrected chi connectivity index (χ1v) is 15.4. The quantitative estimate of drug-likeness (QED) is 0.281. The molecule has 0 spiro atoms. The van der Waals surface area contributed by atoms with Crippen LogP contribution in [0, 0.1) is 0 Å². The summed E-state index contributed by atoms with van der Waals surface area (Å²) in [5, 5.41) is 5.13. The summed E-state index contributed by atoms with van der Waals surface area (Å²) in [6, 6.07) is 13.9. The first kappa shape index (κ1) is 35.4. The molecule has 0 radical (unpaired) electrons. The number of carbonyl (C=O) groups excluding carboxylic acids is 3. The van der Waals surface area contributed by atoms with Crippen molar-refractivity contribution in [2.45, 2.75) is 52.9 Å². The number of alkyl halides is 3. The Balaban J connectivity index is 1.51. The van der Waals surface area contributed by atoms with Gasteiger partial charge in [0.2, 0.25) is 11.8 Å². The number of nitrogens with zero attached hydrogens (tertiary/aromatic N) is 4. The summed E-state index contributed by atoms with van der Waals surface area (Å²) < 4.78 is 47.9. The monoisotopic (exact) mass is 654 g/mol. The number of rotatable bonds is 9. The molecule has 1 aromatic heterocycles. The number of likely N-dealkylation sites (N-methyl/N-ethyl adjacent to an activating group) is 1. The number of hydrogen-bond donors (Lipinski definition) is 2. The van der Waals surface area contributed by atoms with E-state index in [0.717, 1.165) is 41.7 Å². The Morgan fingerprint density at radius 2 is 1.53 bits per heavy atom. The molecule has 4 rings (SSSR count). The van der Waals surface area contributed by atoms with Gasteiger partial charge in [0.25, 0.3) is 0 Å². The highest BCUT2D eigenvalue weighted by Gasteiger charge is 2.34. The molecule has 2 aromatic carbocycles.